The van der Waals surface area contributed by atoms with Gasteiger partial charge in [-0.25, -0.2) is 4.79 Å². The van der Waals surface area contributed by atoms with Gasteiger partial charge in [-0.1, -0.05) is 26.0 Å². The van der Waals surface area contributed by atoms with E-state index in [4.69, 9.17) is 14.2 Å². The Morgan fingerprint density at radius 3 is 2.20 bits per heavy atom. The van der Waals surface area contributed by atoms with Gasteiger partial charge < -0.3 is 39.8 Å². The molecule has 4 atom stereocenters. The van der Waals surface area contributed by atoms with Crippen molar-refractivity contribution in [2.45, 2.75) is 122 Å². The smallest absolute Gasteiger partial charge is 0.329 e. The molecule has 0 bridgehead atoms. The third-order valence-corrected chi connectivity index (χ3v) is 10.1. The van der Waals surface area contributed by atoms with E-state index in [9.17, 15) is 33.9 Å². The molecular weight excluding hydrogens is 660 g/mol. The number of aliphatic hydroxyl groups is 1. The summed E-state index contributed by atoms with van der Waals surface area (Å²) >= 11 is 0. The van der Waals surface area contributed by atoms with E-state index in [0.717, 1.165) is 5.56 Å². The summed E-state index contributed by atoms with van der Waals surface area (Å²) in [6.07, 6.45) is 0.472. The summed E-state index contributed by atoms with van der Waals surface area (Å²) in [4.78, 5) is 81.6. The predicted octanol–water partition coefficient (Wildman–Crippen LogP) is 1.89. The molecule has 14 nitrogen and oxygen atoms in total. The fourth-order valence-corrected chi connectivity index (χ4v) is 6.91. The van der Waals surface area contributed by atoms with Crippen molar-refractivity contribution in [1.29, 1.82) is 0 Å². The van der Waals surface area contributed by atoms with Crippen molar-refractivity contribution in [2.24, 2.45) is 11.3 Å². The molecule has 4 amide bonds. The number of likely N-dealkylation sites (N-methyl/N-ethyl adjacent to an activating group) is 1. The molecule has 2 saturated carbocycles. The van der Waals surface area contributed by atoms with E-state index in [2.05, 4.69) is 10.6 Å². The first-order valence-electron chi connectivity index (χ1n) is 17.9. The van der Waals surface area contributed by atoms with Gasteiger partial charge in [-0.05, 0) is 76.0 Å². The summed E-state index contributed by atoms with van der Waals surface area (Å²) in [5.41, 5.74) is -1.29. The molecule has 0 radical (unpaired) electrons. The number of amides is 4. The first kappa shape index (κ1) is 39.6. The maximum atomic E-state index is 14.1. The molecule has 51 heavy (non-hydrogen) atoms. The molecule has 1 heterocycles. The number of rotatable bonds is 17. The summed E-state index contributed by atoms with van der Waals surface area (Å²) in [6.45, 7) is 8.74. The topological polar surface area (TPSA) is 181 Å². The highest BCUT2D eigenvalue weighted by Gasteiger charge is 2.72. The zero-order chi connectivity index (χ0) is 37.7. The molecule has 1 aromatic rings. The molecule has 3 N–H and O–H groups in total. The summed E-state index contributed by atoms with van der Waals surface area (Å²) < 4.78 is 16.8. The second-order valence-corrected chi connectivity index (χ2v) is 14.8. The van der Waals surface area contributed by atoms with Crippen LogP contribution in [0.5, 0.6) is 5.75 Å². The zero-order valence-corrected chi connectivity index (χ0v) is 30.9. The summed E-state index contributed by atoms with van der Waals surface area (Å²) in [6, 6.07) is 5.30. The quantitative estimate of drug-likeness (QED) is 0.202. The molecule has 3 aliphatic rings. The molecule has 1 saturated heterocycles. The number of carbonyl (C=O) groups is 6. The van der Waals surface area contributed by atoms with Crippen LogP contribution in [0.2, 0.25) is 0 Å². The molecule has 3 fully saturated rings. The minimum absolute atomic E-state index is 0.138. The highest BCUT2D eigenvalue weighted by atomic mass is 16.6. The Labute approximate surface area is 299 Å². The van der Waals surface area contributed by atoms with Crippen LogP contribution in [0.3, 0.4) is 0 Å². The second-order valence-electron chi connectivity index (χ2n) is 14.8. The first-order chi connectivity index (χ1) is 24.0. The summed E-state index contributed by atoms with van der Waals surface area (Å²) in [5, 5.41) is 16.0. The number of esters is 2. The number of methoxy groups -OCH3 is 1. The van der Waals surface area contributed by atoms with E-state index in [-0.39, 0.29) is 36.7 Å². The average Bonchev–Trinajstić information content (AvgIpc) is 4.00. The summed E-state index contributed by atoms with van der Waals surface area (Å²) in [5.74, 6) is -2.44. The zero-order valence-electron chi connectivity index (χ0n) is 30.9. The van der Waals surface area contributed by atoms with Gasteiger partial charge in [-0.15, -0.1) is 0 Å². The maximum absolute atomic E-state index is 14.1. The van der Waals surface area contributed by atoms with Crippen LogP contribution in [0, 0.1) is 11.3 Å². The van der Waals surface area contributed by atoms with Gasteiger partial charge in [0.05, 0.1) is 25.0 Å². The van der Waals surface area contributed by atoms with Crippen molar-refractivity contribution in [1.82, 2.24) is 20.4 Å². The van der Waals surface area contributed by atoms with Gasteiger partial charge in [0.25, 0.3) is 5.91 Å². The van der Waals surface area contributed by atoms with Gasteiger partial charge in [0.2, 0.25) is 17.7 Å². The Balaban J connectivity index is 1.41. The van der Waals surface area contributed by atoms with Crippen molar-refractivity contribution in [3.8, 4) is 5.75 Å². The van der Waals surface area contributed by atoms with E-state index in [1.165, 1.54) is 16.7 Å². The lowest BCUT2D eigenvalue weighted by Gasteiger charge is -2.34. The largest absolute Gasteiger partial charge is 0.497 e. The fourth-order valence-electron chi connectivity index (χ4n) is 6.91. The van der Waals surface area contributed by atoms with Crippen LogP contribution >= 0.6 is 0 Å². The lowest BCUT2D eigenvalue weighted by Crippen LogP contribution is -2.53. The van der Waals surface area contributed by atoms with Gasteiger partial charge in [0, 0.05) is 39.5 Å². The van der Waals surface area contributed by atoms with Gasteiger partial charge in [0.15, 0.2) is 6.10 Å². The van der Waals surface area contributed by atoms with Gasteiger partial charge in [-0.3, -0.25) is 24.0 Å². The van der Waals surface area contributed by atoms with Gasteiger partial charge in [0.1, 0.15) is 23.4 Å². The Morgan fingerprint density at radius 2 is 1.67 bits per heavy atom. The number of nitrogens with zero attached hydrogens (tertiary/aromatic N) is 2. The van der Waals surface area contributed by atoms with Crippen LogP contribution in [0.25, 0.3) is 0 Å². The molecule has 4 rings (SSSR count). The Bertz CT molecular complexity index is 1450. The monoisotopic (exact) mass is 714 g/mol. The van der Waals surface area contributed by atoms with Crippen molar-refractivity contribution < 1.29 is 48.1 Å². The number of carbonyl (C=O) groups excluding carboxylic acids is 6. The Morgan fingerprint density at radius 1 is 1.02 bits per heavy atom. The van der Waals surface area contributed by atoms with Crippen molar-refractivity contribution in [2.75, 3.05) is 27.2 Å². The van der Waals surface area contributed by atoms with E-state index in [1.807, 2.05) is 12.1 Å². The molecule has 1 aromatic carbocycles. The van der Waals surface area contributed by atoms with E-state index < -0.39 is 65.5 Å². The molecule has 0 aromatic heterocycles. The van der Waals surface area contributed by atoms with Crippen molar-refractivity contribution >= 4 is 35.6 Å². The number of hydrogen-bond donors (Lipinski definition) is 3. The number of nitrogens with one attached hydrogen (secondary N) is 2. The van der Waals surface area contributed by atoms with Crippen LogP contribution in [-0.4, -0.2) is 114 Å². The average molecular weight is 715 g/mol. The fraction of sp³-hybridized carbons (Fsp3) is 0.676. The SMILES string of the molecule is COc1ccc(C[C@@H](C(=O)OC2(C3(C(=O)NC[C@@H](O)CC(=O)O[C@H](C(=O)NC(C)C)C(C)C)CC3)CC2)N(C)C(=O)[C@@H]2CCCN2C(C)=O)cc1. The third-order valence-electron chi connectivity index (χ3n) is 10.1. The third kappa shape index (κ3) is 9.38. The second kappa shape index (κ2) is 16.4. The maximum Gasteiger partial charge on any atom is 0.329 e. The molecule has 2 aliphatic carbocycles. The van der Waals surface area contributed by atoms with E-state index in [1.54, 1.807) is 54.0 Å². The van der Waals surface area contributed by atoms with Gasteiger partial charge in [-0.2, -0.15) is 0 Å². The van der Waals surface area contributed by atoms with Crippen LogP contribution < -0.4 is 15.4 Å². The number of likely N-dealkylation sites (tertiary alicyclic amines) is 1. The highest BCUT2D eigenvalue weighted by molar-refractivity contribution is 5.92. The Hall–Kier alpha value is -4.20. The molecule has 14 heteroatoms. The highest BCUT2D eigenvalue weighted by Crippen LogP contribution is 2.66. The van der Waals surface area contributed by atoms with Crippen LogP contribution in [0.1, 0.15) is 85.1 Å². The lowest BCUT2D eigenvalue weighted by atomic mass is 9.94. The number of hydrogen-bond acceptors (Lipinski definition) is 10. The predicted molar refractivity (Wildman–Crippen MR) is 185 cm³/mol. The minimum Gasteiger partial charge on any atom is -0.497 e. The van der Waals surface area contributed by atoms with Crippen LogP contribution in [0.4, 0.5) is 0 Å². The number of benzene rings is 1. The number of aliphatic hydroxyl groups excluding tert-OH is 1. The molecule has 0 spiro atoms. The molecule has 0 unspecified atom stereocenters. The summed E-state index contributed by atoms with van der Waals surface area (Å²) in [7, 11) is 3.09. The van der Waals surface area contributed by atoms with Crippen LogP contribution in [-0.2, 0) is 44.7 Å². The molecule has 1 aliphatic heterocycles. The lowest BCUT2D eigenvalue weighted by molar-refractivity contribution is -0.167. The molecular formula is C37H54N4O10. The minimum atomic E-state index is -1.27. The van der Waals surface area contributed by atoms with E-state index in [0.29, 0.717) is 50.8 Å². The van der Waals surface area contributed by atoms with Crippen molar-refractivity contribution in [3.63, 3.8) is 0 Å². The number of ether oxygens (including phenoxy) is 3. The van der Waals surface area contributed by atoms with Crippen LogP contribution in [0.15, 0.2) is 24.3 Å². The normalized spacial score (nSPS) is 20.1. The van der Waals surface area contributed by atoms with E-state index >= 15 is 0 Å². The first-order valence-corrected chi connectivity index (χ1v) is 17.9. The van der Waals surface area contributed by atoms with Gasteiger partial charge >= 0.3 is 11.9 Å². The van der Waals surface area contributed by atoms with Crippen molar-refractivity contribution in [3.05, 3.63) is 29.8 Å². The molecule has 282 valence electrons. The Kier molecular flexibility index (Phi) is 12.8. The standard InChI is InChI=1S/C37H54N4O10/c1-22(2)31(32(45)39-23(3)4)50-30(44)20-26(43)21-38-35(48)36(14-15-36)37(16-17-37)51-34(47)29(19-25-10-12-27(49-7)13-11-25)40(6)33(46)28-9-8-18-41(28)24(5)42/h10-13,22-23,26,28-29,31,43H,8-9,14-21H2,1-7H3,(H,38,48)(H,39,45)/t26-,28-,29-,31-/m0/s1.